The number of carboxylic acids is 1. The molecule has 122 valence electrons. The maximum Gasteiger partial charge on any atom is 0.335 e. The van der Waals surface area contributed by atoms with E-state index in [9.17, 15) is 4.79 Å². The van der Waals surface area contributed by atoms with Crippen LogP contribution in [0.2, 0.25) is 0 Å². The molecule has 0 spiro atoms. The number of hydrogen-bond acceptors (Lipinski definition) is 2. The second kappa shape index (κ2) is 6.45. The van der Waals surface area contributed by atoms with Gasteiger partial charge in [-0.3, -0.25) is 0 Å². The molecule has 23 heavy (non-hydrogen) atoms. The molecule has 2 rings (SSSR count). The Balaban J connectivity index is 2.27. The lowest BCUT2D eigenvalue weighted by Gasteiger charge is -2.23. The lowest BCUT2D eigenvalue weighted by Crippen LogP contribution is -2.14. The summed E-state index contributed by atoms with van der Waals surface area (Å²) < 4.78 is 5.93. The Morgan fingerprint density at radius 1 is 1.04 bits per heavy atom. The van der Waals surface area contributed by atoms with E-state index in [0.29, 0.717) is 11.3 Å². The first-order chi connectivity index (χ1) is 10.8. The number of hydrogen-bond donors (Lipinski definition) is 1. The van der Waals surface area contributed by atoms with E-state index < -0.39 is 5.97 Å². The summed E-state index contributed by atoms with van der Waals surface area (Å²) in [5, 5.41) is 9.16. The Bertz CT molecular complexity index is 712. The van der Waals surface area contributed by atoms with Crippen molar-refractivity contribution < 1.29 is 14.6 Å². The van der Waals surface area contributed by atoms with Gasteiger partial charge >= 0.3 is 5.97 Å². The molecule has 2 aromatic carbocycles. The molecule has 0 amide bonds. The van der Waals surface area contributed by atoms with Gasteiger partial charge in [-0.2, -0.15) is 0 Å². The molecule has 0 heterocycles. The summed E-state index contributed by atoms with van der Waals surface area (Å²) >= 11 is 0. The van der Waals surface area contributed by atoms with Gasteiger partial charge in [-0.15, -0.1) is 0 Å². The molecule has 0 aliphatic heterocycles. The largest absolute Gasteiger partial charge is 0.478 e. The van der Waals surface area contributed by atoms with Crippen molar-refractivity contribution in [1.29, 1.82) is 0 Å². The first-order valence-corrected chi connectivity index (χ1v) is 7.88. The summed E-state index contributed by atoms with van der Waals surface area (Å²) in [7, 11) is 0. The van der Waals surface area contributed by atoms with E-state index in [1.54, 1.807) is 19.1 Å². The smallest absolute Gasteiger partial charge is 0.335 e. The molecule has 0 aliphatic rings. The first-order valence-electron chi connectivity index (χ1n) is 7.88. The molecule has 0 saturated carbocycles. The highest BCUT2D eigenvalue weighted by molar-refractivity contribution is 5.90. The molecular formula is C20H24O3. The zero-order valence-electron chi connectivity index (χ0n) is 14.4. The number of aromatic carboxylic acids is 1. The second-order valence-corrected chi connectivity index (χ2v) is 6.53. The van der Waals surface area contributed by atoms with E-state index in [2.05, 4.69) is 32.9 Å². The lowest BCUT2D eigenvalue weighted by atomic mass is 9.82. The van der Waals surface area contributed by atoms with Gasteiger partial charge in [0.25, 0.3) is 0 Å². The van der Waals surface area contributed by atoms with Gasteiger partial charge in [0.2, 0.25) is 0 Å². The fourth-order valence-corrected chi connectivity index (χ4v) is 2.44. The zero-order chi connectivity index (χ0) is 17.2. The predicted octanol–water partition coefficient (Wildman–Crippen LogP) is 5.48. The quantitative estimate of drug-likeness (QED) is 0.795. The lowest BCUT2D eigenvalue weighted by molar-refractivity contribution is 0.0696. The Hall–Kier alpha value is -2.29. The van der Waals surface area contributed by atoms with Crippen LogP contribution in [0.4, 0.5) is 0 Å². The first kappa shape index (κ1) is 17.1. The monoisotopic (exact) mass is 312 g/mol. The molecule has 0 fully saturated rings. The highest BCUT2D eigenvalue weighted by Gasteiger charge is 2.18. The Morgan fingerprint density at radius 2 is 1.65 bits per heavy atom. The van der Waals surface area contributed by atoms with Gasteiger partial charge in [0.1, 0.15) is 11.5 Å². The van der Waals surface area contributed by atoms with Crippen molar-refractivity contribution in [1.82, 2.24) is 0 Å². The van der Waals surface area contributed by atoms with E-state index in [1.165, 1.54) is 5.56 Å². The van der Waals surface area contributed by atoms with Crippen molar-refractivity contribution in [3.05, 3.63) is 58.7 Å². The van der Waals surface area contributed by atoms with Crippen molar-refractivity contribution in [2.75, 3.05) is 0 Å². The molecule has 0 atom stereocenters. The van der Waals surface area contributed by atoms with Crippen LogP contribution in [0.15, 0.2) is 36.4 Å². The minimum atomic E-state index is -0.914. The maximum absolute atomic E-state index is 11.2. The van der Waals surface area contributed by atoms with E-state index in [-0.39, 0.29) is 5.41 Å². The molecule has 2 aromatic rings. The molecule has 0 radical (unpaired) electrons. The van der Waals surface area contributed by atoms with Gasteiger partial charge in [-0.1, -0.05) is 32.9 Å². The molecule has 0 unspecified atom stereocenters. The van der Waals surface area contributed by atoms with E-state index in [1.807, 2.05) is 19.1 Å². The minimum absolute atomic E-state index is 0.147. The number of ether oxygens (including phenoxy) is 1. The molecule has 0 aromatic heterocycles. The SMILES string of the molecule is CCC(C)(C)c1ccc(Oc2ccc(C(=O)O)c(C)c2C)cc1. The Labute approximate surface area is 137 Å². The van der Waals surface area contributed by atoms with Crippen LogP contribution in [-0.2, 0) is 5.41 Å². The molecule has 3 nitrogen and oxygen atoms in total. The topological polar surface area (TPSA) is 46.5 Å². The third-order valence-corrected chi connectivity index (χ3v) is 4.72. The van der Waals surface area contributed by atoms with Crippen molar-refractivity contribution in [2.24, 2.45) is 0 Å². The molecular weight excluding hydrogens is 288 g/mol. The summed E-state index contributed by atoms with van der Waals surface area (Å²) in [5.74, 6) is 0.532. The van der Waals surface area contributed by atoms with Crippen LogP contribution in [0.3, 0.4) is 0 Å². The van der Waals surface area contributed by atoms with Crippen molar-refractivity contribution >= 4 is 5.97 Å². The maximum atomic E-state index is 11.2. The average Bonchev–Trinajstić information content (AvgIpc) is 2.52. The molecule has 0 saturated heterocycles. The zero-order valence-corrected chi connectivity index (χ0v) is 14.4. The third-order valence-electron chi connectivity index (χ3n) is 4.72. The number of carboxylic acid groups (broad SMARTS) is 1. The normalized spacial score (nSPS) is 11.3. The average molecular weight is 312 g/mol. The third kappa shape index (κ3) is 3.55. The summed E-state index contributed by atoms with van der Waals surface area (Å²) in [5.41, 5.74) is 3.33. The summed E-state index contributed by atoms with van der Waals surface area (Å²) in [4.78, 5) is 11.2. The van der Waals surface area contributed by atoms with Gasteiger partial charge in [-0.25, -0.2) is 4.79 Å². The van der Waals surface area contributed by atoms with Crippen molar-refractivity contribution in [3.63, 3.8) is 0 Å². The van der Waals surface area contributed by atoms with Gasteiger partial charge < -0.3 is 9.84 Å². The highest BCUT2D eigenvalue weighted by Crippen LogP contribution is 2.32. The van der Waals surface area contributed by atoms with Crippen molar-refractivity contribution in [3.8, 4) is 11.5 Å². The van der Waals surface area contributed by atoms with E-state index in [4.69, 9.17) is 9.84 Å². The van der Waals surface area contributed by atoms with Gasteiger partial charge in [0.05, 0.1) is 5.56 Å². The molecule has 0 bridgehead atoms. The predicted molar refractivity (Wildman–Crippen MR) is 92.7 cm³/mol. The minimum Gasteiger partial charge on any atom is -0.478 e. The van der Waals surface area contributed by atoms with Gasteiger partial charge in [0.15, 0.2) is 0 Å². The van der Waals surface area contributed by atoms with Crippen molar-refractivity contribution in [2.45, 2.75) is 46.5 Å². The number of rotatable bonds is 5. The summed E-state index contributed by atoms with van der Waals surface area (Å²) in [6.07, 6.45) is 1.07. The van der Waals surface area contributed by atoms with Gasteiger partial charge in [-0.05, 0) is 66.6 Å². The van der Waals surface area contributed by atoms with Crippen LogP contribution in [0.25, 0.3) is 0 Å². The fourth-order valence-electron chi connectivity index (χ4n) is 2.44. The van der Waals surface area contributed by atoms with E-state index >= 15 is 0 Å². The summed E-state index contributed by atoms with van der Waals surface area (Å²) in [6, 6.07) is 11.4. The van der Waals surface area contributed by atoms with Crippen LogP contribution in [0.5, 0.6) is 11.5 Å². The Kier molecular flexibility index (Phi) is 4.79. The van der Waals surface area contributed by atoms with Crippen LogP contribution >= 0.6 is 0 Å². The standard InChI is InChI=1S/C20H24O3/c1-6-20(4,5)15-7-9-16(10-8-15)23-18-12-11-17(19(21)22)13(2)14(18)3/h7-12H,6H2,1-5H3,(H,21,22). The number of benzene rings is 2. The summed E-state index contributed by atoms with van der Waals surface area (Å²) in [6.45, 7) is 10.3. The second-order valence-electron chi connectivity index (χ2n) is 6.53. The Morgan fingerprint density at radius 3 is 2.17 bits per heavy atom. The van der Waals surface area contributed by atoms with Crippen LogP contribution in [-0.4, -0.2) is 11.1 Å². The van der Waals surface area contributed by atoms with E-state index in [0.717, 1.165) is 23.3 Å². The highest BCUT2D eigenvalue weighted by atomic mass is 16.5. The molecule has 1 N–H and O–H groups in total. The fraction of sp³-hybridized carbons (Fsp3) is 0.350. The molecule has 0 aliphatic carbocycles. The van der Waals surface area contributed by atoms with Gasteiger partial charge in [0, 0.05) is 0 Å². The molecule has 3 heteroatoms. The van der Waals surface area contributed by atoms with Crippen LogP contribution in [0.1, 0.15) is 54.2 Å². The van der Waals surface area contributed by atoms with Crippen LogP contribution in [0, 0.1) is 13.8 Å². The number of carbonyl (C=O) groups is 1. The van der Waals surface area contributed by atoms with Crippen LogP contribution < -0.4 is 4.74 Å².